The maximum Gasteiger partial charge on any atom is 0.251 e. The zero-order valence-electron chi connectivity index (χ0n) is 12.1. The highest BCUT2D eigenvalue weighted by Gasteiger charge is 2.08. The first kappa shape index (κ1) is 16.5. The first-order valence-electron chi connectivity index (χ1n) is 7.42. The zero-order chi connectivity index (χ0) is 14.8. The number of phenolic OH excluding ortho intramolecular Hbond substituents is 1. The largest absolute Gasteiger partial charge is 0.505 e. The van der Waals surface area contributed by atoms with E-state index in [4.69, 9.17) is 0 Å². The van der Waals surface area contributed by atoms with Crippen LogP contribution in [0.5, 0.6) is 5.75 Å². The molecular weight excluding hydrogens is 257 g/mol. The van der Waals surface area contributed by atoms with Gasteiger partial charge in [-0.2, -0.15) is 0 Å². The van der Waals surface area contributed by atoms with Crippen molar-refractivity contribution in [3.63, 3.8) is 0 Å². The summed E-state index contributed by atoms with van der Waals surface area (Å²) in [7, 11) is 0. The summed E-state index contributed by atoms with van der Waals surface area (Å²) in [5.74, 6) is -1.48. The number of carbonyl (C=O) groups excluding carboxylic acids is 1. The van der Waals surface area contributed by atoms with E-state index < -0.39 is 11.6 Å². The molecule has 20 heavy (non-hydrogen) atoms. The Balaban J connectivity index is 2.15. The third-order valence-electron chi connectivity index (χ3n) is 3.27. The van der Waals surface area contributed by atoms with Crippen LogP contribution < -0.4 is 5.32 Å². The van der Waals surface area contributed by atoms with E-state index in [9.17, 15) is 14.3 Å². The van der Waals surface area contributed by atoms with Gasteiger partial charge in [-0.15, -0.1) is 0 Å². The van der Waals surface area contributed by atoms with Crippen molar-refractivity contribution in [2.75, 3.05) is 6.54 Å². The summed E-state index contributed by atoms with van der Waals surface area (Å²) in [6, 6.07) is 3.61. The zero-order valence-corrected chi connectivity index (χ0v) is 12.1. The molecule has 1 amide bonds. The second-order valence-electron chi connectivity index (χ2n) is 5.04. The molecule has 0 bridgehead atoms. The summed E-state index contributed by atoms with van der Waals surface area (Å²) in [6.45, 7) is 2.81. The van der Waals surface area contributed by atoms with Gasteiger partial charge in [-0.1, -0.05) is 45.4 Å². The molecule has 0 spiro atoms. The first-order valence-corrected chi connectivity index (χ1v) is 7.42. The standard InChI is InChI=1S/C16H24FNO2/c1-2-3-4-5-6-7-8-11-18-16(20)13-9-10-14(17)15(19)12-13/h9-10,12,19H,2-8,11H2,1H3,(H,18,20). The predicted molar refractivity (Wildman–Crippen MR) is 78.4 cm³/mol. The normalized spacial score (nSPS) is 10.5. The van der Waals surface area contributed by atoms with Crippen molar-refractivity contribution in [1.29, 1.82) is 0 Å². The highest BCUT2D eigenvalue weighted by atomic mass is 19.1. The van der Waals surface area contributed by atoms with E-state index in [1.54, 1.807) is 0 Å². The maximum absolute atomic E-state index is 12.9. The van der Waals surface area contributed by atoms with Crippen LogP contribution in [0.3, 0.4) is 0 Å². The molecule has 3 nitrogen and oxygen atoms in total. The van der Waals surface area contributed by atoms with Crippen LogP contribution in [0.15, 0.2) is 18.2 Å². The van der Waals surface area contributed by atoms with Gasteiger partial charge in [0.05, 0.1) is 0 Å². The third kappa shape index (κ3) is 6.04. The van der Waals surface area contributed by atoms with E-state index in [1.165, 1.54) is 38.2 Å². The Morgan fingerprint density at radius 1 is 1.15 bits per heavy atom. The lowest BCUT2D eigenvalue weighted by atomic mass is 10.1. The van der Waals surface area contributed by atoms with Crippen LogP contribution >= 0.6 is 0 Å². The molecule has 4 heteroatoms. The predicted octanol–water partition coefficient (Wildman–Crippen LogP) is 4.01. The molecular formula is C16H24FNO2. The molecule has 1 rings (SSSR count). The fraction of sp³-hybridized carbons (Fsp3) is 0.562. The van der Waals surface area contributed by atoms with E-state index in [-0.39, 0.29) is 11.5 Å². The number of unbranched alkanes of at least 4 members (excludes halogenated alkanes) is 6. The summed E-state index contributed by atoms with van der Waals surface area (Å²) < 4.78 is 12.9. The molecule has 0 aliphatic carbocycles. The van der Waals surface area contributed by atoms with Crippen molar-refractivity contribution in [3.05, 3.63) is 29.6 Å². The molecule has 0 aliphatic rings. The van der Waals surface area contributed by atoms with E-state index >= 15 is 0 Å². The fourth-order valence-electron chi connectivity index (χ4n) is 2.04. The summed E-state index contributed by atoms with van der Waals surface area (Å²) in [6.07, 6.45) is 8.35. The van der Waals surface area contributed by atoms with Gasteiger partial charge in [-0.3, -0.25) is 4.79 Å². The number of hydrogen-bond acceptors (Lipinski definition) is 2. The van der Waals surface area contributed by atoms with Crippen LogP contribution in [0.25, 0.3) is 0 Å². The number of carbonyl (C=O) groups is 1. The number of nitrogens with one attached hydrogen (secondary N) is 1. The lowest BCUT2D eigenvalue weighted by Gasteiger charge is -2.06. The van der Waals surface area contributed by atoms with Gasteiger partial charge in [0.1, 0.15) is 0 Å². The molecule has 0 heterocycles. The number of amides is 1. The van der Waals surface area contributed by atoms with Crippen molar-refractivity contribution in [2.24, 2.45) is 0 Å². The van der Waals surface area contributed by atoms with Crippen LogP contribution in [0.4, 0.5) is 4.39 Å². The number of phenols is 1. The smallest absolute Gasteiger partial charge is 0.251 e. The molecule has 0 radical (unpaired) electrons. The van der Waals surface area contributed by atoms with Crippen LogP contribution in [0, 0.1) is 5.82 Å². The molecule has 0 aromatic heterocycles. The highest BCUT2D eigenvalue weighted by molar-refractivity contribution is 5.94. The molecule has 112 valence electrons. The van der Waals surface area contributed by atoms with Crippen molar-refractivity contribution >= 4 is 5.91 Å². The average molecular weight is 281 g/mol. The molecule has 2 N–H and O–H groups in total. The first-order chi connectivity index (χ1) is 9.65. The Hall–Kier alpha value is -1.58. The summed E-state index contributed by atoms with van der Waals surface area (Å²) >= 11 is 0. The quantitative estimate of drug-likeness (QED) is 0.672. The number of benzene rings is 1. The van der Waals surface area contributed by atoms with Gasteiger partial charge < -0.3 is 10.4 Å². The Kier molecular flexibility index (Phi) is 7.70. The molecule has 0 fully saturated rings. The van der Waals surface area contributed by atoms with Gasteiger partial charge in [-0.25, -0.2) is 4.39 Å². The van der Waals surface area contributed by atoms with E-state index in [2.05, 4.69) is 12.2 Å². The van der Waals surface area contributed by atoms with Crippen molar-refractivity contribution in [2.45, 2.75) is 51.9 Å². The lowest BCUT2D eigenvalue weighted by molar-refractivity contribution is 0.0952. The second kappa shape index (κ2) is 9.34. The molecule has 0 saturated carbocycles. The van der Waals surface area contributed by atoms with Gasteiger partial charge in [0.2, 0.25) is 0 Å². The van der Waals surface area contributed by atoms with Gasteiger partial charge >= 0.3 is 0 Å². The van der Waals surface area contributed by atoms with Crippen molar-refractivity contribution in [3.8, 4) is 5.75 Å². The minimum absolute atomic E-state index is 0.272. The van der Waals surface area contributed by atoms with Crippen molar-refractivity contribution < 1.29 is 14.3 Å². The minimum Gasteiger partial charge on any atom is -0.505 e. The average Bonchev–Trinajstić information content (AvgIpc) is 2.44. The molecule has 0 saturated heterocycles. The van der Waals surface area contributed by atoms with Crippen LogP contribution in [-0.4, -0.2) is 17.6 Å². The van der Waals surface area contributed by atoms with Gasteiger partial charge in [0.25, 0.3) is 5.91 Å². The monoisotopic (exact) mass is 281 g/mol. The van der Waals surface area contributed by atoms with Crippen LogP contribution in [-0.2, 0) is 0 Å². The van der Waals surface area contributed by atoms with Crippen molar-refractivity contribution in [1.82, 2.24) is 5.32 Å². The summed E-state index contributed by atoms with van der Waals surface area (Å²) in [4.78, 5) is 11.7. The summed E-state index contributed by atoms with van der Waals surface area (Å²) in [5.41, 5.74) is 0.284. The van der Waals surface area contributed by atoms with Gasteiger partial charge in [0, 0.05) is 12.1 Å². The number of hydrogen-bond donors (Lipinski definition) is 2. The number of aromatic hydroxyl groups is 1. The Labute approximate surface area is 120 Å². The topological polar surface area (TPSA) is 49.3 Å². The molecule has 1 aromatic rings. The van der Waals surface area contributed by atoms with E-state index in [0.29, 0.717) is 6.54 Å². The highest BCUT2D eigenvalue weighted by Crippen LogP contribution is 2.16. The maximum atomic E-state index is 12.9. The Bertz CT molecular complexity index is 421. The molecule has 1 aromatic carbocycles. The summed E-state index contributed by atoms with van der Waals surface area (Å²) in [5, 5.41) is 12.0. The Morgan fingerprint density at radius 3 is 2.45 bits per heavy atom. The SMILES string of the molecule is CCCCCCCCCNC(=O)c1ccc(F)c(O)c1. The molecule has 0 aliphatic heterocycles. The fourth-order valence-corrected chi connectivity index (χ4v) is 2.04. The minimum atomic E-state index is -0.714. The van der Waals surface area contributed by atoms with E-state index in [0.717, 1.165) is 25.0 Å². The molecule has 0 unspecified atom stereocenters. The van der Waals surface area contributed by atoms with E-state index in [1.807, 2.05) is 0 Å². The number of rotatable bonds is 9. The Morgan fingerprint density at radius 2 is 1.80 bits per heavy atom. The second-order valence-corrected chi connectivity index (χ2v) is 5.04. The van der Waals surface area contributed by atoms with Gasteiger partial charge in [-0.05, 0) is 24.6 Å². The van der Waals surface area contributed by atoms with Gasteiger partial charge in [0.15, 0.2) is 11.6 Å². The lowest BCUT2D eigenvalue weighted by Crippen LogP contribution is -2.24. The molecule has 0 atom stereocenters. The van der Waals surface area contributed by atoms with Crippen LogP contribution in [0.1, 0.15) is 62.2 Å². The third-order valence-corrected chi connectivity index (χ3v) is 3.27. The van der Waals surface area contributed by atoms with Crippen LogP contribution in [0.2, 0.25) is 0 Å². The number of halogens is 1.